The maximum Gasteiger partial charge on any atom is 0.356 e. The fourth-order valence-electron chi connectivity index (χ4n) is 5.49. The highest BCUT2D eigenvalue weighted by Gasteiger charge is 2.47. The molecular formula is C26H26Cl2N4O4. The van der Waals surface area contributed by atoms with E-state index in [-0.39, 0.29) is 11.8 Å². The van der Waals surface area contributed by atoms with E-state index in [1.807, 2.05) is 18.2 Å². The number of benzene rings is 1. The van der Waals surface area contributed by atoms with Crippen LogP contribution < -0.4 is 4.90 Å². The van der Waals surface area contributed by atoms with Crippen molar-refractivity contribution in [3.63, 3.8) is 0 Å². The van der Waals surface area contributed by atoms with Crippen LogP contribution in [0, 0.1) is 5.41 Å². The molecule has 1 aromatic carbocycles. The molecule has 0 bridgehead atoms. The van der Waals surface area contributed by atoms with Gasteiger partial charge in [-0.1, -0.05) is 34.4 Å². The van der Waals surface area contributed by atoms with Crippen molar-refractivity contribution in [1.82, 2.24) is 15.1 Å². The molecule has 0 atom stereocenters. The molecule has 36 heavy (non-hydrogen) atoms. The van der Waals surface area contributed by atoms with Crippen LogP contribution in [-0.4, -0.2) is 45.4 Å². The minimum Gasteiger partial charge on any atom is -0.476 e. The van der Waals surface area contributed by atoms with Crippen LogP contribution in [-0.2, 0) is 11.3 Å². The van der Waals surface area contributed by atoms with E-state index in [0.717, 1.165) is 68.8 Å². The van der Waals surface area contributed by atoms with Gasteiger partial charge in [-0.3, -0.25) is 0 Å². The highest BCUT2D eigenvalue weighted by molar-refractivity contribution is 6.39. The number of aromatic carboxylic acids is 1. The van der Waals surface area contributed by atoms with E-state index in [0.29, 0.717) is 39.2 Å². The molecule has 0 amide bonds. The third kappa shape index (κ3) is 4.46. The summed E-state index contributed by atoms with van der Waals surface area (Å²) in [5, 5.41) is 14.5. The summed E-state index contributed by atoms with van der Waals surface area (Å²) < 4.78 is 12.1. The number of rotatable bonds is 7. The maximum atomic E-state index is 11.0. The van der Waals surface area contributed by atoms with Gasteiger partial charge in [0.25, 0.3) is 0 Å². The van der Waals surface area contributed by atoms with Gasteiger partial charge in [-0.05, 0) is 56.1 Å². The first-order valence-corrected chi connectivity index (χ1v) is 13.0. The lowest BCUT2D eigenvalue weighted by atomic mass is 9.61. The molecule has 3 aromatic rings. The summed E-state index contributed by atoms with van der Waals surface area (Å²) in [6.45, 7) is 2.19. The normalized spacial score (nSPS) is 19.4. The zero-order chi connectivity index (χ0) is 24.9. The number of anilines is 1. The van der Waals surface area contributed by atoms with Crippen molar-refractivity contribution in [3.8, 4) is 11.3 Å². The van der Waals surface area contributed by atoms with Crippen LogP contribution in [0.25, 0.3) is 11.3 Å². The molecule has 3 fully saturated rings. The molecule has 1 spiro atoms. The van der Waals surface area contributed by atoms with Gasteiger partial charge >= 0.3 is 5.97 Å². The number of nitrogens with zero attached hydrogens (tertiary/aromatic N) is 4. The summed E-state index contributed by atoms with van der Waals surface area (Å²) in [6.07, 6.45) is 9.42. The minimum atomic E-state index is -1.07. The Labute approximate surface area is 218 Å². The Kier molecular flexibility index (Phi) is 6.14. The van der Waals surface area contributed by atoms with E-state index in [9.17, 15) is 4.79 Å². The van der Waals surface area contributed by atoms with Crippen LogP contribution in [0.3, 0.4) is 0 Å². The van der Waals surface area contributed by atoms with Gasteiger partial charge in [-0.2, -0.15) is 0 Å². The topological polar surface area (TPSA) is 102 Å². The van der Waals surface area contributed by atoms with Gasteiger partial charge in [0.05, 0.1) is 35.1 Å². The maximum absolute atomic E-state index is 11.0. The van der Waals surface area contributed by atoms with Gasteiger partial charge in [0, 0.05) is 30.1 Å². The SMILES string of the molecule is O=C(O)c1cnc(N2CCC3(CC2)CC(OCc2c(-c4c(Cl)cccc4Cl)noc2C2CC2)C3)cn1. The number of carboxylic acids is 1. The number of carbonyl (C=O) groups is 1. The molecule has 1 saturated heterocycles. The molecule has 188 valence electrons. The lowest BCUT2D eigenvalue weighted by Gasteiger charge is -2.52. The number of hydrogen-bond acceptors (Lipinski definition) is 7. The third-order valence-corrected chi connectivity index (χ3v) is 8.39. The van der Waals surface area contributed by atoms with Crippen molar-refractivity contribution in [1.29, 1.82) is 0 Å². The largest absolute Gasteiger partial charge is 0.476 e. The Hall–Kier alpha value is -2.68. The van der Waals surface area contributed by atoms with Crippen molar-refractivity contribution < 1.29 is 19.2 Å². The Morgan fingerprint density at radius 1 is 1.14 bits per heavy atom. The summed E-state index contributed by atoms with van der Waals surface area (Å²) in [5.41, 5.74) is 2.60. The summed E-state index contributed by atoms with van der Waals surface area (Å²) in [7, 11) is 0. The van der Waals surface area contributed by atoms with E-state index in [2.05, 4.69) is 20.0 Å². The van der Waals surface area contributed by atoms with Crippen LogP contribution in [0.15, 0.2) is 35.1 Å². The zero-order valence-electron chi connectivity index (χ0n) is 19.6. The molecule has 2 saturated carbocycles. The molecule has 0 radical (unpaired) electrons. The van der Waals surface area contributed by atoms with Gasteiger partial charge in [0.1, 0.15) is 17.3 Å². The van der Waals surface area contributed by atoms with E-state index >= 15 is 0 Å². The number of ether oxygens (including phenoxy) is 1. The molecule has 10 heteroatoms. The standard InChI is InChI=1S/C26H26Cl2N4O4/c27-18-2-1-3-19(28)22(18)23-17(24(36-31-23)15-4-5-15)14-35-16-10-26(11-16)6-8-32(9-7-26)21-13-29-20(12-30-21)25(33)34/h1-3,12-13,15-16H,4-11,14H2,(H,33,34). The molecule has 2 aromatic heterocycles. The Morgan fingerprint density at radius 3 is 2.47 bits per heavy atom. The lowest BCUT2D eigenvalue weighted by Crippen LogP contribution is -2.50. The van der Waals surface area contributed by atoms with Gasteiger partial charge < -0.3 is 19.3 Å². The fraction of sp³-hybridized carbons (Fsp3) is 0.462. The number of hydrogen-bond donors (Lipinski definition) is 1. The molecule has 0 unspecified atom stereocenters. The van der Waals surface area contributed by atoms with Crippen LogP contribution in [0.1, 0.15) is 66.3 Å². The molecule has 8 nitrogen and oxygen atoms in total. The molecular weight excluding hydrogens is 503 g/mol. The van der Waals surface area contributed by atoms with E-state index in [1.54, 1.807) is 6.20 Å². The molecule has 2 aliphatic carbocycles. The first kappa shape index (κ1) is 23.7. The Balaban J connectivity index is 1.08. The Bertz CT molecular complexity index is 1260. The number of aromatic nitrogens is 3. The van der Waals surface area contributed by atoms with E-state index < -0.39 is 5.97 Å². The van der Waals surface area contributed by atoms with Crippen LogP contribution >= 0.6 is 23.2 Å². The minimum absolute atomic E-state index is 0.0381. The van der Waals surface area contributed by atoms with Gasteiger partial charge in [-0.15, -0.1) is 0 Å². The van der Waals surface area contributed by atoms with E-state index in [1.165, 1.54) is 6.20 Å². The smallest absolute Gasteiger partial charge is 0.356 e. The van der Waals surface area contributed by atoms with Crippen molar-refractivity contribution >= 4 is 35.0 Å². The third-order valence-electron chi connectivity index (χ3n) is 7.76. The molecule has 1 N–H and O–H groups in total. The number of carboxylic acid groups (broad SMARTS) is 1. The van der Waals surface area contributed by atoms with Crippen molar-refractivity contribution in [2.45, 2.75) is 57.2 Å². The number of halogens is 2. The second kappa shape index (κ2) is 9.32. The number of piperidine rings is 1. The monoisotopic (exact) mass is 528 g/mol. The average molecular weight is 529 g/mol. The Morgan fingerprint density at radius 2 is 1.86 bits per heavy atom. The first-order valence-electron chi connectivity index (χ1n) is 12.3. The second-order valence-electron chi connectivity index (χ2n) is 10.1. The predicted molar refractivity (Wildman–Crippen MR) is 135 cm³/mol. The van der Waals surface area contributed by atoms with Gasteiger partial charge in [-0.25, -0.2) is 14.8 Å². The highest BCUT2D eigenvalue weighted by Crippen LogP contribution is 2.51. The summed E-state index contributed by atoms with van der Waals surface area (Å²) in [6, 6.07) is 5.45. The van der Waals surface area contributed by atoms with Crippen LogP contribution in [0.4, 0.5) is 5.82 Å². The van der Waals surface area contributed by atoms with Crippen LogP contribution in [0.5, 0.6) is 0 Å². The average Bonchev–Trinajstić information content (AvgIpc) is 3.62. The quantitative estimate of drug-likeness (QED) is 0.399. The highest BCUT2D eigenvalue weighted by atomic mass is 35.5. The van der Waals surface area contributed by atoms with Crippen LogP contribution in [0.2, 0.25) is 10.0 Å². The molecule has 3 heterocycles. The van der Waals surface area contributed by atoms with Gasteiger partial charge in [0.15, 0.2) is 5.69 Å². The zero-order valence-corrected chi connectivity index (χ0v) is 21.1. The van der Waals surface area contributed by atoms with Gasteiger partial charge in [0.2, 0.25) is 0 Å². The molecule has 3 aliphatic rings. The molecule has 1 aliphatic heterocycles. The first-order chi connectivity index (χ1) is 17.4. The fourth-order valence-corrected chi connectivity index (χ4v) is 6.06. The molecule has 6 rings (SSSR count). The van der Waals surface area contributed by atoms with Crippen molar-refractivity contribution in [2.24, 2.45) is 5.41 Å². The van der Waals surface area contributed by atoms with Crippen molar-refractivity contribution in [3.05, 3.63) is 57.7 Å². The summed E-state index contributed by atoms with van der Waals surface area (Å²) in [5.74, 6) is 0.965. The second-order valence-corrected chi connectivity index (χ2v) is 11.0. The predicted octanol–water partition coefficient (Wildman–Crippen LogP) is 5.98. The van der Waals surface area contributed by atoms with Crippen molar-refractivity contribution in [2.75, 3.05) is 18.0 Å². The summed E-state index contributed by atoms with van der Waals surface area (Å²) >= 11 is 12.9. The summed E-state index contributed by atoms with van der Waals surface area (Å²) in [4.78, 5) is 21.5. The van der Waals surface area contributed by atoms with E-state index in [4.69, 9.17) is 37.6 Å². The lowest BCUT2D eigenvalue weighted by molar-refractivity contribution is -0.0979.